The van der Waals surface area contributed by atoms with E-state index in [0.717, 1.165) is 18.7 Å². The van der Waals surface area contributed by atoms with Crippen LogP contribution >= 0.6 is 0 Å². The molecule has 2 atom stereocenters. The lowest BCUT2D eigenvalue weighted by atomic mass is 9.95. The van der Waals surface area contributed by atoms with E-state index in [1.165, 1.54) is 5.56 Å². The zero-order valence-corrected chi connectivity index (χ0v) is 14.1. The van der Waals surface area contributed by atoms with E-state index in [9.17, 15) is 8.42 Å². The van der Waals surface area contributed by atoms with Crippen LogP contribution < -0.4 is 5.32 Å². The summed E-state index contributed by atoms with van der Waals surface area (Å²) in [5, 5.41) is 10.1. The number of aromatic nitrogens is 2. The molecule has 1 aliphatic heterocycles. The van der Waals surface area contributed by atoms with Crippen molar-refractivity contribution in [3.8, 4) is 0 Å². The summed E-state index contributed by atoms with van der Waals surface area (Å²) in [5.74, 6) is 0.305. The number of sulfonamides is 1. The van der Waals surface area contributed by atoms with Crippen molar-refractivity contribution in [1.29, 1.82) is 0 Å². The molecule has 1 aromatic heterocycles. The molecule has 120 valence electrons. The second-order valence-electron chi connectivity index (χ2n) is 6.23. The van der Waals surface area contributed by atoms with Crippen molar-refractivity contribution in [2.75, 3.05) is 13.1 Å². The van der Waals surface area contributed by atoms with Crippen LogP contribution in [0.25, 0.3) is 0 Å². The second-order valence-corrected chi connectivity index (χ2v) is 8.71. The van der Waals surface area contributed by atoms with Gasteiger partial charge in [-0.3, -0.25) is 5.10 Å². The number of aryl methyl sites for hydroxylation is 1. The van der Waals surface area contributed by atoms with E-state index in [0.29, 0.717) is 25.0 Å². The highest BCUT2D eigenvalue weighted by molar-refractivity contribution is 7.89. The summed E-state index contributed by atoms with van der Waals surface area (Å²) >= 11 is 0. The first-order chi connectivity index (χ1) is 9.82. The van der Waals surface area contributed by atoms with E-state index in [1.807, 2.05) is 13.1 Å². The first kappa shape index (κ1) is 16.5. The Morgan fingerprint density at radius 3 is 2.76 bits per heavy atom. The maximum absolute atomic E-state index is 12.2. The van der Waals surface area contributed by atoms with E-state index >= 15 is 0 Å². The predicted molar refractivity (Wildman–Crippen MR) is 83.4 cm³/mol. The van der Waals surface area contributed by atoms with Crippen molar-refractivity contribution in [1.82, 2.24) is 19.8 Å². The first-order valence-electron chi connectivity index (χ1n) is 7.53. The highest BCUT2D eigenvalue weighted by atomic mass is 32.2. The highest BCUT2D eigenvalue weighted by Crippen LogP contribution is 2.22. The van der Waals surface area contributed by atoms with Gasteiger partial charge in [-0.2, -0.15) is 5.10 Å². The lowest BCUT2D eigenvalue weighted by molar-refractivity contribution is 0.218. The van der Waals surface area contributed by atoms with Crippen LogP contribution in [0.15, 0.2) is 6.20 Å². The van der Waals surface area contributed by atoms with Crippen LogP contribution in [-0.2, 0) is 16.6 Å². The summed E-state index contributed by atoms with van der Waals surface area (Å²) in [6.45, 7) is 9.58. The molecule has 1 aromatic rings. The van der Waals surface area contributed by atoms with Gasteiger partial charge in [-0.25, -0.2) is 12.7 Å². The fourth-order valence-corrected chi connectivity index (χ4v) is 4.13. The van der Waals surface area contributed by atoms with Gasteiger partial charge in [-0.05, 0) is 33.1 Å². The lowest BCUT2D eigenvalue weighted by Crippen LogP contribution is -2.51. The minimum atomic E-state index is -3.13. The molecule has 0 saturated carbocycles. The summed E-state index contributed by atoms with van der Waals surface area (Å²) in [7, 11) is -3.13. The number of hydrogen-bond donors (Lipinski definition) is 2. The van der Waals surface area contributed by atoms with Gasteiger partial charge in [0.25, 0.3) is 0 Å². The van der Waals surface area contributed by atoms with Crippen LogP contribution in [0.1, 0.15) is 38.4 Å². The third-order valence-electron chi connectivity index (χ3n) is 4.31. The van der Waals surface area contributed by atoms with E-state index in [2.05, 4.69) is 22.4 Å². The normalized spacial score (nSPS) is 24.6. The van der Waals surface area contributed by atoms with Crippen LogP contribution in [0, 0.1) is 12.8 Å². The van der Waals surface area contributed by atoms with Gasteiger partial charge in [0.1, 0.15) is 0 Å². The second kappa shape index (κ2) is 6.46. The number of H-pyrrole nitrogens is 1. The standard InChI is InChI=1S/C14H26N4O2S/c1-10(2)21(19,20)18-6-5-14(11(3)9-18)15-7-13-8-16-17-12(13)4/h8,10-11,14-15H,5-7,9H2,1-4H3,(H,16,17)/t11-,14-/m0/s1. The molecule has 0 bridgehead atoms. The highest BCUT2D eigenvalue weighted by Gasteiger charge is 2.33. The van der Waals surface area contributed by atoms with Crippen molar-refractivity contribution in [3.05, 3.63) is 17.5 Å². The Kier molecular flexibility index (Phi) is 5.06. The Bertz CT molecular complexity index is 567. The Morgan fingerprint density at radius 2 is 2.24 bits per heavy atom. The minimum absolute atomic E-state index is 0.305. The smallest absolute Gasteiger partial charge is 0.216 e. The molecule has 0 spiro atoms. The quantitative estimate of drug-likeness (QED) is 0.857. The average molecular weight is 314 g/mol. The van der Waals surface area contributed by atoms with Crippen LogP contribution in [0.2, 0.25) is 0 Å². The van der Waals surface area contributed by atoms with Gasteiger partial charge in [0.2, 0.25) is 10.0 Å². The van der Waals surface area contributed by atoms with Crippen LogP contribution in [0.4, 0.5) is 0 Å². The fourth-order valence-electron chi connectivity index (χ4n) is 2.73. The molecular weight excluding hydrogens is 288 g/mol. The molecule has 0 radical (unpaired) electrons. The van der Waals surface area contributed by atoms with Gasteiger partial charge in [-0.15, -0.1) is 0 Å². The number of hydrogen-bond acceptors (Lipinski definition) is 4. The number of nitrogens with one attached hydrogen (secondary N) is 2. The van der Waals surface area contributed by atoms with Crippen molar-refractivity contribution in [2.24, 2.45) is 5.92 Å². The lowest BCUT2D eigenvalue weighted by Gasteiger charge is -2.37. The SMILES string of the molecule is Cc1[nH]ncc1CN[C@H]1CCN(S(=O)(=O)C(C)C)C[C@@H]1C. The van der Waals surface area contributed by atoms with Gasteiger partial charge < -0.3 is 5.32 Å². The molecule has 0 unspecified atom stereocenters. The molecule has 2 N–H and O–H groups in total. The monoisotopic (exact) mass is 314 g/mol. The van der Waals surface area contributed by atoms with E-state index in [-0.39, 0.29) is 5.25 Å². The van der Waals surface area contributed by atoms with Crippen molar-refractivity contribution < 1.29 is 8.42 Å². The van der Waals surface area contributed by atoms with E-state index in [1.54, 1.807) is 18.2 Å². The minimum Gasteiger partial charge on any atom is -0.309 e. The zero-order valence-electron chi connectivity index (χ0n) is 13.3. The molecule has 0 amide bonds. The van der Waals surface area contributed by atoms with Gasteiger partial charge in [0, 0.05) is 36.9 Å². The van der Waals surface area contributed by atoms with Gasteiger partial charge in [0.05, 0.1) is 11.4 Å². The van der Waals surface area contributed by atoms with Crippen molar-refractivity contribution >= 4 is 10.0 Å². The number of rotatable bonds is 5. The average Bonchev–Trinajstić information content (AvgIpc) is 2.82. The summed E-state index contributed by atoms with van der Waals surface area (Å²) < 4.78 is 26.1. The fraction of sp³-hybridized carbons (Fsp3) is 0.786. The summed E-state index contributed by atoms with van der Waals surface area (Å²) in [6.07, 6.45) is 2.69. The number of aromatic amines is 1. The maximum atomic E-state index is 12.2. The van der Waals surface area contributed by atoms with Gasteiger partial charge >= 0.3 is 0 Å². The predicted octanol–water partition coefficient (Wildman–Crippen LogP) is 1.26. The van der Waals surface area contributed by atoms with Crippen LogP contribution in [-0.4, -0.2) is 47.3 Å². The largest absolute Gasteiger partial charge is 0.309 e. The van der Waals surface area contributed by atoms with E-state index < -0.39 is 10.0 Å². The summed E-state index contributed by atoms with van der Waals surface area (Å²) in [4.78, 5) is 0. The molecular formula is C14H26N4O2S. The number of nitrogens with zero attached hydrogens (tertiary/aromatic N) is 2. The third kappa shape index (κ3) is 3.64. The zero-order chi connectivity index (χ0) is 15.6. The molecule has 2 rings (SSSR count). The summed E-state index contributed by atoms with van der Waals surface area (Å²) in [5.41, 5.74) is 2.24. The molecule has 1 fully saturated rings. The summed E-state index contributed by atoms with van der Waals surface area (Å²) in [6, 6.07) is 0.345. The topological polar surface area (TPSA) is 78.1 Å². The van der Waals surface area contributed by atoms with E-state index in [4.69, 9.17) is 0 Å². The van der Waals surface area contributed by atoms with Crippen LogP contribution in [0.5, 0.6) is 0 Å². The molecule has 21 heavy (non-hydrogen) atoms. The molecule has 0 aromatic carbocycles. The van der Waals surface area contributed by atoms with Gasteiger partial charge in [-0.1, -0.05) is 6.92 Å². The first-order valence-corrected chi connectivity index (χ1v) is 9.04. The van der Waals surface area contributed by atoms with Crippen LogP contribution in [0.3, 0.4) is 0 Å². The molecule has 7 heteroatoms. The Hall–Kier alpha value is -0.920. The van der Waals surface area contributed by atoms with Gasteiger partial charge in [0.15, 0.2) is 0 Å². The van der Waals surface area contributed by atoms with Crippen molar-refractivity contribution in [3.63, 3.8) is 0 Å². The molecule has 1 aliphatic rings. The Morgan fingerprint density at radius 1 is 1.52 bits per heavy atom. The third-order valence-corrected chi connectivity index (χ3v) is 6.56. The maximum Gasteiger partial charge on any atom is 0.216 e. The number of piperidine rings is 1. The Balaban J connectivity index is 1.91. The molecule has 1 saturated heterocycles. The van der Waals surface area contributed by atoms with Crippen molar-refractivity contribution in [2.45, 2.75) is 52.0 Å². The molecule has 0 aliphatic carbocycles. The Labute approximate surface area is 127 Å². The molecule has 2 heterocycles. The molecule has 6 nitrogen and oxygen atoms in total.